The number of phenols is 1. The molecule has 4 nitrogen and oxygen atoms in total. The predicted octanol–water partition coefficient (Wildman–Crippen LogP) is 0.179. The number of rotatable bonds is 0. The molecule has 1 aromatic carbocycles. The molecule has 2 unspecified atom stereocenters. The van der Waals surface area contributed by atoms with Crippen molar-refractivity contribution in [2.45, 2.75) is 12.2 Å². The number of aliphatic hydroxyl groups is 2. The van der Waals surface area contributed by atoms with E-state index in [4.69, 9.17) is 9.84 Å². The fraction of sp³-hybridized carbons (Fsp3) is 0.333. The lowest BCUT2D eigenvalue weighted by atomic mass is 10.0. The van der Waals surface area contributed by atoms with Crippen LogP contribution in [0.4, 0.5) is 0 Å². The van der Waals surface area contributed by atoms with E-state index in [-0.39, 0.29) is 12.4 Å². The highest BCUT2D eigenvalue weighted by Crippen LogP contribution is 2.34. The van der Waals surface area contributed by atoms with Gasteiger partial charge in [-0.1, -0.05) is 0 Å². The Kier molecular flexibility index (Phi) is 1.86. The minimum atomic E-state index is -0.927. The molecule has 1 aliphatic heterocycles. The highest BCUT2D eigenvalue weighted by molar-refractivity contribution is 5.42. The maximum Gasteiger partial charge on any atom is 0.129 e. The number of hydrogen-bond acceptors (Lipinski definition) is 4. The molecule has 1 aliphatic rings. The number of ether oxygens (including phenoxy) is 1. The van der Waals surface area contributed by atoms with Gasteiger partial charge in [-0.3, -0.25) is 0 Å². The highest BCUT2D eigenvalue weighted by atomic mass is 16.5. The van der Waals surface area contributed by atoms with Gasteiger partial charge in [0.25, 0.3) is 0 Å². The van der Waals surface area contributed by atoms with Crippen molar-refractivity contribution in [2.75, 3.05) is 6.61 Å². The molecule has 0 spiro atoms. The second kappa shape index (κ2) is 2.90. The molecule has 0 bridgehead atoms. The molecule has 70 valence electrons. The molecule has 1 aromatic rings. The molecule has 0 saturated heterocycles. The van der Waals surface area contributed by atoms with E-state index in [9.17, 15) is 10.2 Å². The first-order valence-electron chi connectivity index (χ1n) is 4.00. The molecule has 1 heterocycles. The van der Waals surface area contributed by atoms with Gasteiger partial charge in [0.15, 0.2) is 0 Å². The normalized spacial score (nSPS) is 26.3. The topological polar surface area (TPSA) is 69.9 Å². The summed E-state index contributed by atoms with van der Waals surface area (Å²) in [6, 6.07) is 4.41. The van der Waals surface area contributed by atoms with Gasteiger partial charge < -0.3 is 20.1 Å². The van der Waals surface area contributed by atoms with Crippen molar-refractivity contribution in [3.05, 3.63) is 23.8 Å². The van der Waals surface area contributed by atoms with Gasteiger partial charge in [0.2, 0.25) is 0 Å². The third kappa shape index (κ3) is 1.34. The summed E-state index contributed by atoms with van der Waals surface area (Å²) in [5.41, 5.74) is 0.511. The van der Waals surface area contributed by atoms with Crippen LogP contribution in [0.5, 0.6) is 11.5 Å². The Hall–Kier alpha value is -1.26. The van der Waals surface area contributed by atoms with Crippen LogP contribution in [0.25, 0.3) is 0 Å². The first-order valence-corrected chi connectivity index (χ1v) is 4.00. The summed E-state index contributed by atoms with van der Waals surface area (Å²) in [7, 11) is 0. The molecule has 2 rings (SSSR count). The molecule has 0 saturated carbocycles. The van der Waals surface area contributed by atoms with Crippen LogP contribution in [0.3, 0.4) is 0 Å². The van der Waals surface area contributed by atoms with E-state index in [1.54, 1.807) is 0 Å². The Balaban J connectivity index is 2.44. The zero-order valence-corrected chi connectivity index (χ0v) is 6.84. The molecule has 3 N–H and O–H groups in total. The number of benzene rings is 1. The molecule has 0 radical (unpaired) electrons. The largest absolute Gasteiger partial charge is 0.508 e. The third-order valence-electron chi connectivity index (χ3n) is 2.09. The van der Waals surface area contributed by atoms with E-state index in [2.05, 4.69) is 0 Å². The van der Waals surface area contributed by atoms with Gasteiger partial charge in [-0.15, -0.1) is 0 Å². The molecule has 0 fully saturated rings. The summed E-state index contributed by atoms with van der Waals surface area (Å²) < 4.78 is 5.12. The number of phenolic OH excluding ortho intramolecular Hbond substituents is 1. The van der Waals surface area contributed by atoms with Crippen molar-refractivity contribution >= 4 is 0 Å². The van der Waals surface area contributed by atoms with Gasteiger partial charge in [-0.25, -0.2) is 0 Å². The first kappa shape index (κ1) is 8.34. The van der Waals surface area contributed by atoms with Crippen molar-refractivity contribution in [2.24, 2.45) is 0 Å². The fourth-order valence-corrected chi connectivity index (χ4v) is 1.37. The number of fused-ring (bicyclic) bond motifs is 1. The van der Waals surface area contributed by atoms with Gasteiger partial charge in [0.05, 0.1) is 0 Å². The van der Waals surface area contributed by atoms with Crippen LogP contribution in [0.2, 0.25) is 0 Å². The monoisotopic (exact) mass is 182 g/mol. The summed E-state index contributed by atoms with van der Waals surface area (Å²) in [4.78, 5) is 0. The minimum absolute atomic E-state index is 0.0532. The van der Waals surface area contributed by atoms with Crippen LogP contribution in [0.1, 0.15) is 11.7 Å². The maximum absolute atomic E-state index is 9.51. The summed E-state index contributed by atoms with van der Waals surface area (Å²) in [6.07, 6.45) is -1.82. The van der Waals surface area contributed by atoms with Crippen molar-refractivity contribution in [1.82, 2.24) is 0 Å². The average Bonchev–Trinajstić information content (AvgIpc) is 2.12. The fourth-order valence-electron chi connectivity index (χ4n) is 1.37. The second-order valence-electron chi connectivity index (χ2n) is 3.05. The Morgan fingerprint density at radius 3 is 2.85 bits per heavy atom. The maximum atomic E-state index is 9.51. The zero-order valence-electron chi connectivity index (χ0n) is 6.84. The summed E-state index contributed by atoms with van der Waals surface area (Å²) >= 11 is 0. The van der Waals surface area contributed by atoms with Crippen LogP contribution < -0.4 is 4.74 Å². The molecular formula is C9H10O4. The molecule has 13 heavy (non-hydrogen) atoms. The van der Waals surface area contributed by atoms with Gasteiger partial charge in [0.1, 0.15) is 30.3 Å². The van der Waals surface area contributed by atoms with Crippen LogP contribution in [0, 0.1) is 0 Å². The smallest absolute Gasteiger partial charge is 0.129 e. The third-order valence-corrected chi connectivity index (χ3v) is 2.09. The van der Waals surface area contributed by atoms with E-state index in [0.29, 0.717) is 11.3 Å². The number of aliphatic hydroxyl groups excluding tert-OH is 2. The first-order chi connectivity index (χ1) is 6.18. The summed E-state index contributed by atoms with van der Waals surface area (Å²) in [5, 5.41) is 27.9. The molecule has 0 aromatic heterocycles. The molecule has 0 amide bonds. The molecule has 4 heteroatoms. The van der Waals surface area contributed by atoms with Gasteiger partial charge in [0, 0.05) is 11.6 Å². The molecular weight excluding hydrogens is 172 g/mol. The molecule has 0 aliphatic carbocycles. The van der Waals surface area contributed by atoms with Gasteiger partial charge >= 0.3 is 0 Å². The predicted molar refractivity (Wildman–Crippen MR) is 44.6 cm³/mol. The lowest BCUT2D eigenvalue weighted by Crippen LogP contribution is -2.30. The standard InChI is InChI=1S/C9H10O4/c10-5-1-2-6-8(3-5)13-4-7(11)9(6)12/h1-3,7,9-12H,4H2. The summed E-state index contributed by atoms with van der Waals surface area (Å²) in [6.45, 7) is 0.0532. The number of hydrogen-bond donors (Lipinski definition) is 3. The quantitative estimate of drug-likeness (QED) is 0.535. The SMILES string of the molecule is Oc1ccc2c(c1)OCC(O)C2O. The lowest BCUT2D eigenvalue weighted by Gasteiger charge is -2.26. The minimum Gasteiger partial charge on any atom is -0.508 e. The highest BCUT2D eigenvalue weighted by Gasteiger charge is 2.27. The Labute approximate surface area is 75.0 Å². The van der Waals surface area contributed by atoms with E-state index in [1.807, 2.05) is 0 Å². The van der Waals surface area contributed by atoms with Crippen LogP contribution >= 0.6 is 0 Å². The van der Waals surface area contributed by atoms with Crippen LogP contribution in [0.15, 0.2) is 18.2 Å². The van der Waals surface area contributed by atoms with Gasteiger partial charge in [-0.05, 0) is 12.1 Å². The number of aromatic hydroxyl groups is 1. The average molecular weight is 182 g/mol. The van der Waals surface area contributed by atoms with Crippen molar-refractivity contribution in [3.63, 3.8) is 0 Å². The zero-order chi connectivity index (χ0) is 9.42. The van der Waals surface area contributed by atoms with Crippen LogP contribution in [-0.2, 0) is 0 Å². The summed E-state index contributed by atoms with van der Waals surface area (Å²) in [5.74, 6) is 0.514. The lowest BCUT2D eigenvalue weighted by molar-refractivity contribution is -0.0256. The van der Waals surface area contributed by atoms with E-state index in [0.717, 1.165) is 0 Å². The second-order valence-corrected chi connectivity index (χ2v) is 3.05. The van der Waals surface area contributed by atoms with Crippen molar-refractivity contribution in [3.8, 4) is 11.5 Å². The van der Waals surface area contributed by atoms with E-state index >= 15 is 0 Å². The van der Waals surface area contributed by atoms with Crippen molar-refractivity contribution < 1.29 is 20.1 Å². The molecule has 2 atom stereocenters. The van der Waals surface area contributed by atoms with Crippen LogP contribution in [-0.4, -0.2) is 28.0 Å². The Bertz CT molecular complexity index is 323. The van der Waals surface area contributed by atoms with E-state index in [1.165, 1.54) is 18.2 Å². The van der Waals surface area contributed by atoms with Crippen molar-refractivity contribution in [1.29, 1.82) is 0 Å². The van der Waals surface area contributed by atoms with E-state index < -0.39 is 12.2 Å². The Morgan fingerprint density at radius 1 is 1.31 bits per heavy atom. The van der Waals surface area contributed by atoms with Gasteiger partial charge in [-0.2, -0.15) is 0 Å². The Morgan fingerprint density at radius 2 is 2.08 bits per heavy atom.